The molecule has 2 aromatic heterocycles. The molecule has 35 heavy (non-hydrogen) atoms. The number of H-pyrrole nitrogens is 1. The van der Waals surface area contributed by atoms with Gasteiger partial charge in [-0.15, -0.1) is 0 Å². The van der Waals surface area contributed by atoms with Crippen LogP contribution < -0.4 is 10.5 Å². The molecule has 8 heteroatoms. The second kappa shape index (κ2) is 9.50. The number of primary amides is 1. The molecule has 1 aliphatic heterocycles. The number of nitrogens with one attached hydrogen (secondary N) is 1. The minimum atomic E-state index is -0.558. The highest BCUT2D eigenvalue weighted by molar-refractivity contribution is 5.98. The van der Waals surface area contributed by atoms with Crippen molar-refractivity contribution in [1.82, 2.24) is 19.5 Å². The van der Waals surface area contributed by atoms with Crippen molar-refractivity contribution < 1.29 is 14.3 Å². The number of allylic oxidation sites excluding steroid dienone is 1. The normalized spacial score (nSPS) is 14.6. The Bertz CT molecular complexity index is 1380. The molecule has 0 spiro atoms. The number of piperidine rings is 1. The first-order valence-corrected chi connectivity index (χ1v) is 11.7. The third-order valence-electron chi connectivity index (χ3n) is 6.40. The number of rotatable bonds is 6. The molecule has 0 aliphatic carbocycles. The van der Waals surface area contributed by atoms with Gasteiger partial charge < -0.3 is 20.4 Å². The summed E-state index contributed by atoms with van der Waals surface area (Å²) in [6, 6.07) is 17.0. The van der Waals surface area contributed by atoms with Crippen molar-refractivity contribution in [2.75, 3.05) is 13.1 Å². The molecule has 3 heterocycles. The van der Waals surface area contributed by atoms with Gasteiger partial charge in [-0.25, -0.2) is 4.52 Å². The predicted octanol–water partition coefficient (Wildman–Crippen LogP) is 4.50. The van der Waals surface area contributed by atoms with E-state index >= 15 is 0 Å². The fraction of sp³-hybridized carbons (Fsp3) is 0.222. The van der Waals surface area contributed by atoms with Crippen LogP contribution in [0.25, 0.3) is 16.9 Å². The molecular formula is C27H27N5O3. The van der Waals surface area contributed by atoms with Gasteiger partial charge in [-0.3, -0.25) is 9.59 Å². The molecule has 1 fully saturated rings. The fourth-order valence-corrected chi connectivity index (χ4v) is 4.65. The van der Waals surface area contributed by atoms with Crippen LogP contribution in [0.2, 0.25) is 0 Å². The molecule has 1 saturated heterocycles. The number of carbonyl (C=O) groups excluding carboxylic acids is 2. The van der Waals surface area contributed by atoms with E-state index in [-0.39, 0.29) is 11.8 Å². The van der Waals surface area contributed by atoms with Crippen LogP contribution in [0.1, 0.15) is 41.7 Å². The average Bonchev–Trinajstić information content (AvgIpc) is 3.45. The number of hydrogen-bond acceptors (Lipinski definition) is 4. The Morgan fingerprint density at radius 2 is 1.74 bits per heavy atom. The molecule has 4 aromatic rings. The van der Waals surface area contributed by atoms with Gasteiger partial charge in [-0.2, -0.15) is 5.10 Å². The van der Waals surface area contributed by atoms with E-state index in [1.165, 1.54) is 0 Å². The summed E-state index contributed by atoms with van der Waals surface area (Å²) in [6.07, 6.45) is 6.83. The van der Waals surface area contributed by atoms with Gasteiger partial charge in [-0.05, 0) is 68.2 Å². The van der Waals surface area contributed by atoms with E-state index in [0.29, 0.717) is 30.2 Å². The minimum Gasteiger partial charge on any atom is -0.457 e. The molecule has 0 unspecified atom stereocenters. The number of aromatic amines is 1. The van der Waals surface area contributed by atoms with E-state index in [4.69, 9.17) is 10.5 Å². The van der Waals surface area contributed by atoms with E-state index < -0.39 is 5.91 Å². The molecule has 2 aromatic carbocycles. The maximum atomic E-state index is 12.4. The standard InChI is InChI=1S/C27H27N5O3/c1-2-6-23(33)31-15-13-18(14-16-31)22-17-29-32-25(26(28)34)24(30-27(22)32)19-9-11-21(12-10-19)35-20-7-4-3-5-8-20/h2-12,17-18,30H,13-16H2,1H3,(H2,28,34). The Morgan fingerprint density at radius 1 is 1.06 bits per heavy atom. The zero-order valence-electron chi connectivity index (χ0n) is 19.5. The summed E-state index contributed by atoms with van der Waals surface area (Å²) in [4.78, 5) is 29.8. The summed E-state index contributed by atoms with van der Waals surface area (Å²) >= 11 is 0. The second-order valence-electron chi connectivity index (χ2n) is 8.61. The topological polar surface area (TPSA) is 106 Å². The Hall–Kier alpha value is -4.33. The van der Waals surface area contributed by atoms with Crippen molar-refractivity contribution in [3.8, 4) is 22.8 Å². The number of benzene rings is 2. The number of imidazole rings is 1. The summed E-state index contributed by atoms with van der Waals surface area (Å²) in [5, 5.41) is 4.49. The van der Waals surface area contributed by atoms with Crippen LogP contribution in [0.4, 0.5) is 0 Å². The van der Waals surface area contributed by atoms with Crippen LogP contribution >= 0.6 is 0 Å². The smallest absolute Gasteiger partial charge is 0.269 e. The maximum absolute atomic E-state index is 12.4. The molecule has 178 valence electrons. The lowest BCUT2D eigenvalue weighted by Crippen LogP contribution is -2.36. The molecule has 8 nitrogen and oxygen atoms in total. The van der Waals surface area contributed by atoms with E-state index in [1.807, 2.05) is 66.4 Å². The molecule has 2 amide bonds. The van der Waals surface area contributed by atoms with Crippen LogP contribution in [0.3, 0.4) is 0 Å². The third-order valence-corrected chi connectivity index (χ3v) is 6.40. The first kappa shape index (κ1) is 22.5. The van der Waals surface area contributed by atoms with Crippen molar-refractivity contribution in [2.24, 2.45) is 5.73 Å². The number of nitrogens with two attached hydrogens (primary N) is 1. The largest absolute Gasteiger partial charge is 0.457 e. The van der Waals surface area contributed by atoms with E-state index in [9.17, 15) is 9.59 Å². The van der Waals surface area contributed by atoms with E-state index in [0.717, 1.165) is 35.4 Å². The van der Waals surface area contributed by atoms with Crippen LogP contribution in [-0.2, 0) is 4.79 Å². The number of fused-ring (bicyclic) bond motifs is 1. The fourth-order valence-electron chi connectivity index (χ4n) is 4.65. The zero-order chi connectivity index (χ0) is 24.4. The molecule has 0 saturated carbocycles. The summed E-state index contributed by atoms with van der Waals surface area (Å²) < 4.78 is 7.47. The van der Waals surface area contributed by atoms with Crippen LogP contribution in [-0.4, -0.2) is 44.4 Å². The van der Waals surface area contributed by atoms with Crippen LogP contribution in [0.15, 0.2) is 72.9 Å². The number of ether oxygens (including phenoxy) is 1. The SMILES string of the molecule is CC=CC(=O)N1CCC(c2cnn3c(C(N)=O)c(-c4ccc(Oc5ccccc5)cc4)[nH]c23)CC1. The van der Waals surface area contributed by atoms with Gasteiger partial charge >= 0.3 is 0 Å². The number of hydrogen-bond donors (Lipinski definition) is 2. The first-order chi connectivity index (χ1) is 17.0. The van der Waals surface area contributed by atoms with E-state index in [1.54, 1.807) is 22.9 Å². The molecule has 0 bridgehead atoms. The highest BCUT2D eigenvalue weighted by Gasteiger charge is 2.28. The van der Waals surface area contributed by atoms with E-state index in [2.05, 4.69) is 10.1 Å². The van der Waals surface area contributed by atoms with Crippen LogP contribution in [0.5, 0.6) is 11.5 Å². The Morgan fingerprint density at radius 3 is 2.40 bits per heavy atom. The number of aromatic nitrogens is 3. The van der Waals surface area contributed by atoms with Gasteiger partial charge in [0.2, 0.25) is 5.91 Å². The maximum Gasteiger partial charge on any atom is 0.269 e. The zero-order valence-corrected chi connectivity index (χ0v) is 19.5. The number of amides is 2. The molecule has 5 rings (SSSR count). The van der Waals surface area contributed by atoms with Crippen molar-refractivity contribution in [1.29, 1.82) is 0 Å². The molecule has 3 N–H and O–H groups in total. The number of carbonyl (C=O) groups is 2. The van der Waals surface area contributed by atoms with Crippen molar-refractivity contribution >= 4 is 17.5 Å². The molecule has 0 atom stereocenters. The lowest BCUT2D eigenvalue weighted by atomic mass is 9.91. The van der Waals surface area contributed by atoms with Crippen molar-refractivity contribution in [2.45, 2.75) is 25.7 Å². The highest BCUT2D eigenvalue weighted by Crippen LogP contribution is 2.34. The number of likely N-dealkylation sites (tertiary alicyclic amines) is 1. The Kier molecular flexibility index (Phi) is 6.10. The average molecular weight is 470 g/mol. The first-order valence-electron chi connectivity index (χ1n) is 11.7. The quantitative estimate of drug-likeness (QED) is 0.406. The molecule has 0 radical (unpaired) electrons. The number of nitrogens with zero attached hydrogens (tertiary/aromatic N) is 3. The van der Waals surface area contributed by atoms with Gasteiger partial charge in [0.1, 0.15) is 17.1 Å². The monoisotopic (exact) mass is 469 g/mol. The van der Waals surface area contributed by atoms with Gasteiger partial charge in [0, 0.05) is 24.2 Å². The lowest BCUT2D eigenvalue weighted by Gasteiger charge is -2.30. The van der Waals surface area contributed by atoms with Gasteiger partial charge in [0.25, 0.3) is 5.91 Å². The summed E-state index contributed by atoms with van der Waals surface area (Å²) in [5.74, 6) is 1.16. The van der Waals surface area contributed by atoms with Crippen molar-refractivity contribution in [3.63, 3.8) is 0 Å². The van der Waals surface area contributed by atoms with Gasteiger partial charge in [-0.1, -0.05) is 24.3 Å². The molecular weight excluding hydrogens is 442 g/mol. The summed E-state index contributed by atoms with van der Waals surface area (Å²) in [6.45, 7) is 3.21. The predicted molar refractivity (Wildman–Crippen MR) is 133 cm³/mol. The Labute approximate surface area is 203 Å². The molecule has 1 aliphatic rings. The third kappa shape index (κ3) is 4.42. The number of para-hydroxylation sites is 1. The second-order valence-corrected chi connectivity index (χ2v) is 8.61. The van der Waals surface area contributed by atoms with Gasteiger partial charge in [0.05, 0.1) is 11.9 Å². The minimum absolute atomic E-state index is 0.0453. The Balaban J connectivity index is 1.41. The highest BCUT2D eigenvalue weighted by atomic mass is 16.5. The summed E-state index contributed by atoms with van der Waals surface area (Å²) in [7, 11) is 0. The van der Waals surface area contributed by atoms with Gasteiger partial charge in [0.15, 0.2) is 5.69 Å². The van der Waals surface area contributed by atoms with Crippen LogP contribution in [0, 0.1) is 0 Å². The summed E-state index contributed by atoms with van der Waals surface area (Å²) in [5.41, 5.74) is 9.29. The van der Waals surface area contributed by atoms with Crippen molar-refractivity contribution in [3.05, 3.63) is 84.2 Å². The lowest BCUT2D eigenvalue weighted by molar-refractivity contribution is -0.127.